The molecule has 0 rings (SSSR count). The van der Waals surface area contributed by atoms with Gasteiger partial charge in [0.25, 0.3) is 0 Å². The number of aliphatic hydroxyl groups is 1. The summed E-state index contributed by atoms with van der Waals surface area (Å²) in [4.78, 5) is 0. The predicted molar refractivity (Wildman–Crippen MR) is 43.8 cm³/mol. The van der Waals surface area contributed by atoms with Crippen LogP contribution in [0.2, 0.25) is 0 Å². The third-order valence-electron chi connectivity index (χ3n) is 0.760. The van der Waals surface area contributed by atoms with Crippen LogP contribution in [0.3, 0.4) is 0 Å². The molecule has 60 valence electrons. The summed E-state index contributed by atoms with van der Waals surface area (Å²) in [7, 11) is 0. The lowest BCUT2D eigenvalue weighted by atomic mass is 10.7. The fraction of sp³-hybridized carbons (Fsp3) is 0.800. The Kier molecular flexibility index (Phi) is 4.22. The Morgan fingerprint density at radius 1 is 1.70 bits per heavy atom. The lowest BCUT2D eigenvalue weighted by Gasteiger charge is -2.13. The molecule has 0 saturated carbocycles. The van der Waals surface area contributed by atoms with Gasteiger partial charge in [0.2, 0.25) is 0 Å². The zero-order chi connectivity index (χ0) is 8.15. The zero-order valence-electron chi connectivity index (χ0n) is 6.09. The SMILES string of the molecule is CC(O)SC(C)NC(=N)N. The molecule has 0 aromatic rings. The molecule has 2 atom stereocenters. The number of guanidine groups is 1. The molecular weight excluding hydrogens is 150 g/mol. The van der Waals surface area contributed by atoms with E-state index < -0.39 is 5.44 Å². The van der Waals surface area contributed by atoms with Gasteiger partial charge in [-0.1, -0.05) is 0 Å². The van der Waals surface area contributed by atoms with Crippen molar-refractivity contribution in [3.8, 4) is 0 Å². The average molecular weight is 163 g/mol. The van der Waals surface area contributed by atoms with E-state index in [0.29, 0.717) is 0 Å². The Morgan fingerprint density at radius 3 is 2.50 bits per heavy atom. The van der Waals surface area contributed by atoms with Crippen LogP contribution in [0.1, 0.15) is 13.8 Å². The van der Waals surface area contributed by atoms with E-state index in [9.17, 15) is 0 Å². The van der Waals surface area contributed by atoms with Crippen molar-refractivity contribution in [3.05, 3.63) is 0 Å². The first-order valence-electron chi connectivity index (χ1n) is 2.96. The van der Waals surface area contributed by atoms with Gasteiger partial charge in [-0.25, -0.2) is 0 Å². The Balaban J connectivity index is 3.43. The van der Waals surface area contributed by atoms with Gasteiger partial charge in [-0.2, -0.15) is 0 Å². The molecule has 0 fully saturated rings. The van der Waals surface area contributed by atoms with Crippen molar-refractivity contribution in [2.24, 2.45) is 5.73 Å². The quantitative estimate of drug-likeness (QED) is 0.266. The molecule has 0 amide bonds. The van der Waals surface area contributed by atoms with Gasteiger partial charge in [-0.15, -0.1) is 11.8 Å². The highest BCUT2D eigenvalue weighted by Crippen LogP contribution is 2.11. The molecule has 4 nitrogen and oxygen atoms in total. The number of rotatable bonds is 3. The second-order valence-corrected chi connectivity index (χ2v) is 3.60. The summed E-state index contributed by atoms with van der Waals surface area (Å²) in [5.41, 5.74) is 4.62. The van der Waals surface area contributed by atoms with Crippen LogP contribution in [0.5, 0.6) is 0 Å². The van der Waals surface area contributed by atoms with E-state index in [0.717, 1.165) is 0 Å². The molecule has 0 aliphatic carbocycles. The molecule has 0 saturated heterocycles. The van der Waals surface area contributed by atoms with Crippen molar-refractivity contribution in [2.75, 3.05) is 0 Å². The number of hydrogen-bond donors (Lipinski definition) is 4. The van der Waals surface area contributed by atoms with Gasteiger partial charge in [0, 0.05) is 0 Å². The second kappa shape index (κ2) is 4.40. The van der Waals surface area contributed by atoms with Crippen molar-refractivity contribution in [3.63, 3.8) is 0 Å². The maximum absolute atomic E-state index is 8.85. The number of hydrogen-bond acceptors (Lipinski definition) is 3. The molecule has 0 aromatic carbocycles. The van der Waals surface area contributed by atoms with Gasteiger partial charge < -0.3 is 16.2 Å². The van der Waals surface area contributed by atoms with Crippen LogP contribution in [-0.4, -0.2) is 21.9 Å². The Labute approximate surface area is 64.7 Å². The number of aliphatic hydroxyl groups excluding tert-OH is 1. The summed E-state index contributed by atoms with van der Waals surface area (Å²) in [6, 6.07) is 0. The Bertz CT molecular complexity index is 117. The van der Waals surface area contributed by atoms with Crippen LogP contribution in [0.25, 0.3) is 0 Å². The first-order chi connectivity index (χ1) is 4.52. The summed E-state index contributed by atoms with van der Waals surface area (Å²) in [6.07, 6.45) is 0. The standard InChI is InChI=1S/C5H13N3OS/c1-3(8-5(6)7)10-4(2)9/h3-4,9H,1-2H3,(H4,6,7,8). The van der Waals surface area contributed by atoms with E-state index in [1.807, 2.05) is 6.92 Å². The highest BCUT2D eigenvalue weighted by Gasteiger charge is 2.04. The van der Waals surface area contributed by atoms with Crippen molar-refractivity contribution in [1.82, 2.24) is 5.32 Å². The number of nitrogens with two attached hydrogens (primary N) is 1. The molecule has 10 heavy (non-hydrogen) atoms. The smallest absolute Gasteiger partial charge is 0.186 e. The van der Waals surface area contributed by atoms with Gasteiger partial charge in [0.15, 0.2) is 5.96 Å². The Hall–Kier alpha value is -0.420. The van der Waals surface area contributed by atoms with Gasteiger partial charge >= 0.3 is 0 Å². The molecule has 0 aliphatic heterocycles. The third kappa shape index (κ3) is 5.71. The summed E-state index contributed by atoms with van der Waals surface area (Å²) < 4.78 is 0. The lowest BCUT2D eigenvalue weighted by molar-refractivity contribution is 0.283. The van der Waals surface area contributed by atoms with Gasteiger partial charge in [-0.3, -0.25) is 5.41 Å². The lowest BCUT2D eigenvalue weighted by Crippen LogP contribution is -2.36. The monoisotopic (exact) mass is 163 g/mol. The largest absolute Gasteiger partial charge is 0.383 e. The summed E-state index contributed by atoms with van der Waals surface area (Å²) >= 11 is 1.31. The Morgan fingerprint density at radius 2 is 2.20 bits per heavy atom. The molecule has 0 spiro atoms. The van der Waals surface area contributed by atoms with Gasteiger partial charge in [0.05, 0.1) is 10.8 Å². The number of nitrogens with one attached hydrogen (secondary N) is 2. The minimum atomic E-state index is -0.429. The van der Waals surface area contributed by atoms with Crippen molar-refractivity contribution in [2.45, 2.75) is 24.7 Å². The maximum Gasteiger partial charge on any atom is 0.186 e. The van der Waals surface area contributed by atoms with E-state index in [2.05, 4.69) is 5.32 Å². The van der Waals surface area contributed by atoms with Crippen LogP contribution in [0, 0.1) is 5.41 Å². The molecule has 0 aliphatic rings. The van der Waals surface area contributed by atoms with Crippen LogP contribution >= 0.6 is 11.8 Å². The minimum Gasteiger partial charge on any atom is -0.383 e. The van der Waals surface area contributed by atoms with Crippen LogP contribution < -0.4 is 11.1 Å². The molecule has 5 N–H and O–H groups in total. The summed E-state index contributed by atoms with van der Waals surface area (Å²) in [5, 5.41) is 18.3. The second-order valence-electron chi connectivity index (χ2n) is 1.94. The van der Waals surface area contributed by atoms with Crippen molar-refractivity contribution < 1.29 is 5.11 Å². The van der Waals surface area contributed by atoms with Gasteiger partial charge in [-0.05, 0) is 13.8 Å². The molecule has 0 bridgehead atoms. The highest BCUT2D eigenvalue weighted by molar-refractivity contribution is 8.00. The van der Waals surface area contributed by atoms with Crippen molar-refractivity contribution in [1.29, 1.82) is 5.41 Å². The van der Waals surface area contributed by atoms with Gasteiger partial charge in [0.1, 0.15) is 0 Å². The normalized spacial score (nSPS) is 15.9. The van der Waals surface area contributed by atoms with E-state index in [1.54, 1.807) is 6.92 Å². The molecular formula is C5H13N3OS. The third-order valence-corrected chi connectivity index (χ3v) is 1.68. The summed E-state index contributed by atoms with van der Waals surface area (Å²) in [6.45, 7) is 3.50. The summed E-state index contributed by atoms with van der Waals surface area (Å²) in [5.74, 6) is -0.0688. The van der Waals surface area contributed by atoms with Crippen LogP contribution in [-0.2, 0) is 0 Å². The molecule has 2 unspecified atom stereocenters. The minimum absolute atomic E-state index is 0.0162. The van der Waals surface area contributed by atoms with Crippen LogP contribution in [0.4, 0.5) is 0 Å². The number of thioether (sulfide) groups is 1. The van der Waals surface area contributed by atoms with E-state index >= 15 is 0 Å². The fourth-order valence-corrected chi connectivity index (χ4v) is 1.33. The van der Waals surface area contributed by atoms with E-state index in [-0.39, 0.29) is 11.3 Å². The molecule has 0 aromatic heterocycles. The van der Waals surface area contributed by atoms with E-state index in [1.165, 1.54) is 11.8 Å². The first-order valence-corrected chi connectivity index (χ1v) is 3.90. The molecule has 0 heterocycles. The van der Waals surface area contributed by atoms with Crippen molar-refractivity contribution >= 4 is 17.7 Å². The van der Waals surface area contributed by atoms with Crippen LogP contribution in [0.15, 0.2) is 0 Å². The molecule has 5 heteroatoms. The highest BCUT2D eigenvalue weighted by atomic mass is 32.2. The first kappa shape index (κ1) is 9.58. The average Bonchev–Trinajstić information content (AvgIpc) is 1.58. The predicted octanol–water partition coefficient (Wildman–Crippen LogP) is -0.113. The molecule has 0 radical (unpaired) electrons. The zero-order valence-corrected chi connectivity index (χ0v) is 6.90. The maximum atomic E-state index is 8.85. The fourth-order valence-electron chi connectivity index (χ4n) is 0.548. The topological polar surface area (TPSA) is 82.1 Å². The van der Waals surface area contributed by atoms with E-state index in [4.69, 9.17) is 16.2 Å².